The highest BCUT2D eigenvalue weighted by molar-refractivity contribution is 6.34. The molecule has 8 atom stereocenters. The predicted molar refractivity (Wildman–Crippen MR) is 136 cm³/mol. The van der Waals surface area contributed by atoms with E-state index >= 15 is 0 Å². The molecule has 0 unspecified atom stereocenters. The zero-order chi connectivity index (χ0) is 25.8. The van der Waals surface area contributed by atoms with Gasteiger partial charge in [-0.25, -0.2) is 4.79 Å². The molecule has 4 aliphatic carbocycles. The quantitative estimate of drug-likeness (QED) is 0.236. The Labute approximate surface area is 219 Å². The van der Waals surface area contributed by atoms with Crippen molar-refractivity contribution >= 4 is 40.9 Å². The van der Waals surface area contributed by atoms with Crippen LogP contribution in [0.3, 0.4) is 0 Å². The summed E-state index contributed by atoms with van der Waals surface area (Å²) in [6.45, 7) is 8.18. The lowest BCUT2D eigenvalue weighted by molar-refractivity contribution is -0.208. The molecule has 0 aliphatic heterocycles. The Morgan fingerprint density at radius 2 is 1.91 bits per heavy atom. The molecule has 0 bridgehead atoms. The first-order valence-corrected chi connectivity index (χ1v) is 13.8. The smallest absolute Gasteiger partial charge is 0.351 e. The van der Waals surface area contributed by atoms with E-state index in [4.69, 9.17) is 32.7 Å². The van der Waals surface area contributed by atoms with Crippen LogP contribution >= 0.6 is 23.2 Å². The van der Waals surface area contributed by atoms with Crippen LogP contribution in [0.25, 0.3) is 0 Å². The van der Waals surface area contributed by atoms with Crippen molar-refractivity contribution in [1.29, 1.82) is 0 Å². The summed E-state index contributed by atoms with van der Waals surface area (Å²) >= 11 is 14.8. The Kier molecular flexibility index (Phi) is 7.03. The highest BCUT2D eigenvalue weighted by atomic mass is 35.5. The van der Waals surface area contributed by atoms with Crippen LogP contribution in [0.2, 0.25) is 0 Å². The third kappa shape index (κ3) is 3.58. The second-order valence-corrected chi connectivity index (χ2v) is 12.7. The van der Waals surface area contributed by atoms with Crippen LogP contribution < -0.4 is 0 Å². The fraction of sp³-hybridized carbons (Fsp3) is 0.750. The monoisotopic (exact) mass is 524 g/mol. The van der Waals surface area contributed by atoms with E-state index in [1.807, 2.05) is 19.9 Å². The zero-order valence-corrected chi connectivity index (χ0v) is 23.0. The molecule has 0 aromatic heterocycles. The van der Waals surface area contributed by atoms with E-state index in [1.54, 1.807) is 12.2 Å². The van der Waals surface area contributed by atoms with Gasteiger partial charge in [0.1, 0.15) is 0 Å². The summed E-state index contributed by atoms with van der Waals surface area (Å²) in [5.41, 5.74) is -1.66. The number of allylic oxidation sites excluding steroid dienone is 4. The summed E-state index contributed by atoms with van der Waals surface area (Å²) in [6.07, 6.45) is 10.8. The first-order valence-electron chi connectivity index (χ1n) is 13.0. The van der Waals surface area contributed by atoms with Crippen LogP contribution in [-0.2, 0) is 23.9 Å². The molecule has 194 valence electrons. The average molecular weight is 526 g/mol. The standard InChI is InChI=1S/C28H38Cl2O5/c1-6-7-8-9-23(32)35-28(24(33)34-5)17(2)14-21-20-11-10-18-15-19(31)12-13-25(18,3)27(20,30)22(29)16-26(21,28)4/h12-13,15,17,20-22H,6-11,14,16H2,1-5H3/t17-,20-,21-,22-,25-,26-,27-,28-/m0/s1. The molecular formula is C28H38Cl2O5. The second kappa shape index (κ2) is 9.20. The number of ether oxygens (including phenoxy) is 2. The highest BCUT2D eigenvalue weighted by Crippen LogP contribution is 2.73. The van der Waals surface area contributed by atoms with Crippen LogP contribution in [0.4, 0.5) is 0 Å². The van der Waals surface area contributed by atoms with Crippen molar-refractivity contribution in [3.8, 4) is 0 Å². The van der Waals surface area contributed by atoms with Gasteiger partial charge in [0.2, 0.25) is 5.60 Å². The number of hydrogen-bond acceptors (Lipinski definition) is 5. The zero-order valence-electron chi connectivity index (χ0n) is 21.5. The van der Waals surface area contributed by atoms with Crippen molar-refractivity contribution in [3.63, 3.8) is 0 Å². The van der Waals surface area contributed by atoms with Crippen molar-refractivity contribution in [2.45, 2.75) is 94.9 Å². The maximum atomic E-state index is 13.5. The molecule has 3 fully saturated rings. The van der Waals surface area contributed by atoms with Crippen LogP contribution in [0.5, 0.6) is 0 Å². The summed E-state index contributed by atoms with van der Waals surface area (Å²) in [4.78, 5) is 37.8. The fourth-order valence-electron chi connectivity index (χ4n) is 8.06. The van der Waals surface area contributed by atoms with E-state index in [2.05, 4.69) is 13.8 Å². The number of hydrogen-bond donors (Lipinski definition) is 0. The lowest BCUT2D eigenvalue weighted by atomic mass is 9.46. The summed E-state index contributed by atoms with van der Waals surface area (Å²) < 4.78 is 11.5. The minimum atomic E-state index is -1.41. The molecule has 7 heteroatoms. The molecule has 3 saturated carbocycles. The lowest BCUT2D eigenvalue weighted by Gasteiger charge is -2.63. The Hall–Kier alpha value is -1.33. The molecule has 0 spiro atoms. The maximum Gasteiger partial charge on any atom is 0.351 e. The number of rotatable bonds is 6. The third-order valence-corrected chi connectivity index (χ3v) is 11.4. The van der Waals surface area contributed by atoms with Crippen molar-refractivity contribution in [2.24, 2.45) is 28.6 Å². The largest absolute Gasteiger partial charge is 0.466 e. The number of esters is 2. The molecule has 5 nitrogen and oxygen atoms in total. The van der Waals surface area contributed by atoms with E-state index in [-0.39, 0.29) is 35.9 Å². The minimum Gasteiger partial charge on any atom is -0.466 e. The van der Waals surface area contributed by atoms with Crippen molar-refractivity contribution in [2.75, 3.05) is 7.11 Å². The van der Waals surface area contributed by atoms with E-state index < -0.39 is 32.7 Å². The first-order chi connectivity index (χ1) is 16.4. The lowest BCUT2D eigenvalue weighted by Crippen LogP contribution is -2.68. The maximum absolute atomic E-state index is 13.5. The number of fused-ring (bicyclic) bond motifs is 5. The van der Waals surface area contributed by atoms with Gasteiger partial charge in [-0.3, -0.25) is 9.59 Å². The number of halogens is 2. The Morgan fingerprint density at radius 3 is 2.57 bits per heavy atom. The molecule has 0 heterocycles. The molecule has 4 rings (SSSR count). The molecule has 0 N–H and O–H groups in total. The van der Waals surface area contributed by atoms with Gasteiger partial charge in [0.25, 0.3) is 0 Å². The molecule has 0 saturated heterocycles. The Morgan fingerprint density at radius 1 is 1.20 bits per heavy atom. The number of carbonyl (C=O) groups is 3. The van der Waals surface area contributed by atoms with Gasteiger partial charge in [-0.05, 0) is 56.1 Å². The molecule has 0 aromatic rings. The molecule has 0 amide bonds. The number of ketones is 1. The van der Waals surface area contributed by atoms with E-state index in [0.29, 0.717) is 12.8 Å². The summed E-state index contributed by atoms with van der Waals surface area (Å²) in [6, 6.07) is 0. The Balaban J connectivity index is 1.76. The number of carbonyl (C=O) groups excluding carboxylic acids is 3. The number of unbranched alkanes of at least 4 members (excludes halogenated alkanes) is 2. The molecular weight excluding hydrogens is 487 g/mol. The SMILES string of the molecule is CCCCCC(=O)O[C@]1(C(=O)OC)[C@@H](C)C[C@H]2[C@@H]3CCC4=CC(=O)C=C[C@]4(C)[C@@]3(Cl)[C@@H](Cl)C[C@@]21C. The second-order valence-electron chi connectivity index (χ2n) is 11.5. The van der Waals surface area contributed by atoms with Crippen LogP contribution in [0, 0.1) is 28.6 Å². The van der Waals surface area contributed by atoms with Crippen molar-refractivity contribution < 1.29 is 23.9 Å². The molecule has 4 aliphatic rings. The Bertz CT molecular complexity index is 974. The number of methoxy groups -OCH3 is 1. The van der Waals surface area contributed by atoms with E-state index in [9.17, 15) is 14.4 Å². The first kappa shape index (κ1) is 26.7. The van der Waals surface area contributed by atoms with Crippen LogP contribution in [0.1, 0.15) is 79.1 Å². The van der Waals surface area contributed by atoms with Gasteiger partial charge < -0.3 is 9.47 Å². The van der Waals surface area contributed by atoms with Gasteiger partial charge in [0.05, 0.1) is 17.4 Å². The summed E-state index contributed by atoms with van der Waals surface area (Å²) in [7, 11) is 1.35. The van der Waals surface area contributed by atoms with Gasteiger partial charge in [-0.15, -0.1) is 23.2 Å². The minimum absolute atomic E-state index is 0.0111. The van der Waals surface area contributed by atoms with Gasteiger partial charge >= 0.3 is 11.9 Å². The van der Waals surface area contributed by atoms with Crippen LogP contribution in [-0.4, -0.2) is 40.7 Å². The summed E-state index contributed by atoms with van der Waals surface area (Å²) in [5.74, 6) is -1.13. The van der Waals surface area contributed by atoms with Crippen molar-refractivity contribution in [1.82, 2.24) is 0 Å². The van der Waals surface area contributed by atoms with Gasteiger partial charge in [0, 0.05) is 23.2 Å². The van der Waals surface area contributed by atoms with Gasteiger partial charge in [-0.2, -0.15) is 0 Å². The summed E-state index contributed by atoms with van der Waals surface area (Å²) in [5, 5.41) is -0.505. The number of alkyl halides is 2. The highest BCUT2D eigenvalue weighted by Gasteiger charge is 2.77. The third-order valence-electron chi connectivity index (χ3n) is 9.89. The topological polar surface area (TPSA) is 69.7 Å². The molecule has 0 radical (unpaired) electrons. The van der Waals surface area contributed by atoms with E-state index in [1.165, 1.54) is 7.11 Å². The average Bonchev–Trinajstić information content (AvgIpc) is 3.02. The van der Waals surface area contributed by atoms with Gasteiger partial charge in [-0.1, -0.05) is 52.2 Å². The fourth-order valence-corrected chi connectivity index (χ4v) is 9.29. The predicted octanol–water partition coefficient (Wildman–Crippen LogP) is 6.15. The molecule has 35 heavy (non-hydrogen) atoms. The van der Waals surface area contributed by atoms with Crippen molar-refractivity contribution in [3.05, 3.63) is 23.8 Å². The molecule has 0 aromatic carbocycles. The normalized spacial score (nSPS) is 44.1. The van der Waals surface area contributed by atoms with Gasteiger partial charge in [0.15, 0.2) is 5.78 Å². The van der Waals surface area contributed by atoms with E-state index in [0.717, 1.165) is 37.7 Å². The van der Waals surface area contributed by atoms with Crippen LogP contribution in [0.15, 0.2) is 23.8 Å².